The van der Waals surface area contributed by atoms with Gasteiger partial charge in [0.1, 0.15) is 0 Å². The molecule has 0 aliphatic heterocycles. The van der Waals surface area contributed by atoms with Gasteiger partial charge < -0.3 is 9.32 Å². The molecule has 0 bridgehead atoms. The van der Waals surface area contributed by atoms with Crippen molar-refractivity contribution in [3.63, 3.8) is 0 Å². The van der Waals surface area contributed by atoms with E-state index in [-0.39, 0.29) is 18.5 Å². The third-order valence-corrected chi connectivity index (χ3v) is 4.62. The second-order valence-electron chi connectivity index (χ2n) is 6.04. The largest absolute Gasteiger partial charge is 0.419 e. The molecule has 0 radical (unpaired) electrons. The first kappa shape index (κ1) is 18.6. The first-order valence-corrected chi connectivity index (χ1v) is 9.26. The number of nitrogens with zero attached hydrogens (tertiary/aromatic N) is 3. The van der Waals surface area contributed by atoms with Gasteiger partial charge in [0.2, 0.25) is 11.8 Å². The summed E-state index contributed by atoms with van der Waals surface area (Å²) in [7, 11) is 0. The topological polar surface area (TPSA) is 59.2 Å². The summed E-state index contributed by atoms with van der Waals surface area (Å²) in [5.41, 5.74) is 1.39. The number of carbonyl (C=O) groups excluding carboxylic acids is 1. The van der Waals surface area contributed by atoms with Crippen LogP contribution in [0.25, 0.3) is 11.5 Å². The third-order valence-electron chi connectivity index (χ3n) is 3.84. The smallest absolute Gasteiger partial charge is 0.254 e. The first-order valence-electron chi connectivity index (χ1n) is 8.09. The second-order valence-corrected chi connectivity index (χ2v) is 7.39. The first-order chi connectivity index (χ1) is 12.4. The van der Waals surface area contributed by atoms with E-state index < -0.39 is 0 Å². The fraction of sp³-hybridized carbons (Fsp3) is 0.211. The standard InChI is InChI=1S/C19H17BrClN3O2/c1-12(2)24(19(25)14-3-7-15(20)8-4-14)11-17-22-23-18(26-17)13-5-9-16(21)10-6-13/h3-10,12H,11H2,1-2H3. The highest BCUT2D eigenvalue weighted by Gasteiger charge is 2.22. The quantitative estimate of drug-likeness (QED) is 0.553. The molecule has 2 aromatic carbocycles. The summed E-state index contributed by atoms with van der Waals surface area (Å²) in [6, 6.07) is 14.4. The van der Waals surface area contributed by atoms with Gasteiger partial charge >= 0.3 is 0 Å². The van der Waals surface area contributed by atoms with E-state index in [1.165, 1.54) is 0 Å². The zero-order valence-corrected chi connectivity index (χ0v) is 16.7. The lowest BCUT2D eigenvalue weighted by molar-refractivity contribution is 0.0672. The number of rotatable bonds is 5. The number of halogens is 2. The minimum Gasteiger partial charge on any atom is -0.419 e. The van der Waals surface area contributed by atoms with Gasteiger partial charge in [0.05, 0.1) is 6.54 Å². The Kier molecular flexibility index (Phi) is 5.74. The lowest BCUT2D eigenvalue weighted by Crippen LogP contribution is -2.36. The molecule has 1 aromatic heterocycles. The van der Waals surface area contributed by atoms with Gasteiger partial charge in [-0.1, -0.05) is 27.5 Å². The number of hydrogen-bond donors (Lipinski definition) is 0. The maximum Gasteiger partial charge on any atom is 0.254 e. The average molecular weight is 435 g/mol. The molecule has 3 rings (SSSR count). The molecule has 134 valence electrons. The molecule has 0 saturated carbocycles. The molecule has 5 nitrogen and oxygen atoms in total. The molecule has 0 atom stereocenters. The van der Waals surface area contributed by atoms with Crippen LogP contribution in [0.4, 0.5) is 0 Å². The zero-order valence-electron chi connectivity index (χ0n) is 14.3. The maximum absolute atomic E-state index is 12.8. The van der Waals surface area contributed by atoms with Crippen LogP contribution in [0.5, 0.6) is 0 Å². The van der Waals surface area contributed by atoms with Crippen molar-refractivity contribution in [1.82, 2.24) is 15.1 Å². The zero-order chi connectivity index (χ0) is 18.7. The summed E-state index contributed by atoms with van der Waals surface area (Å²) < 4.78 is 6.65. The summed E-state index contributed by atoms with van der Waals surface area (Å²) in [6.07, 6.45) is 0. The van der Waals surface area contributed by atoms with Gasteiger partial charge in [-0.05, 0) is 62.4 Å². The van der Waals surface area contributed by atoms with Gasteiger partial charge in [-0.3, -0.25) is 4.79 Å². The van der Waals surface area contributed by atoms with Crippen LogP contribution in [0.15, 0.2) is 57.4 Å². The van der Waals surface area contributed by atoms with Crippen LogP contribution in [0.1, 0.15) is 30.1 Å². The van der Waals surface area contributed by atoms with E-state index in [2.05, 4.69) is 26.1 Å². The van der Waals surface area contributed by atoms with Gasteiger partial charge in [0, 0.05) is 26.7 Å². The molecule has 0 saturated heterocycles. The number of hydrogen-bond acceptors (Lipinski definition) is 4. The van der Waals surface area contributed by atoms with Gasteiger partial charge in [-0.2, -0.15) is 0 Å². The molecular formula is C19H17BrClN3O2. The van der Waals surface area contributed by atoms with Crippen molar-refractivity contribution in [2.75, 3.05) is 0 Å². The van der Waals surface area contributed by atoms with Crippen molar-refractivity contribution >= 4 is 33.4 Å². The highest BCUT2D eigenvalue weighted by atomic mass is 79.9. The Morgan fingerprint density at radius 2 is 1.77 bits per heavy atom. The van der Waals surface area contributed by atoms with E-state index in [4.69, 9.17) is 16.0 Å². The molecule has 0 aliphatic rings. The van der Waals surface area contributed by atoms with Crippen molar-refractivity contribution in [1.29, 1.82) is 0 Å². The fourth-order valence-corrected chi connectivity index (χ4v) is 2.81. The third kappa shape index (κ3) is 4.31. The summed E-state index contributed by atoms with van der Waals surface area (Å²) in [6.45, 7) is 4.15. The molecule has 0 N–H and O–H groups in total. The van der Waals surface area contributed by atoms with E-state index in [0.717, 1.165) is 10.0 Å². The van der Waals surface area contributed by atoms with Crippen LogP contribution in [0.3, 0.4) is 0 Å². The van der Waals surface area contributed by atoms with Crippen LogP contribution < -0.4 is 0 Å². The number of amides is 1. The van der Waals surface area contributed by atoms with E-state index in [9.17, 15) is 4.79 Å². The fourth-order valence-electron chi connectivity index (χ4n) is 2.42. The Balaban J connectivity index is 1.79. The normalized spacial score (nSPS) is 11.0. The van der Waals surface area contributed by atoms with Crippen molar-refractivity contribution in [2.24, 2.45) is 0 Å². The van der Waals surface area contributed by atoms with Gasteiger partial charge in [0.15, 0.2) is 0 Å². The SMILES string of the molecule is CC(C)N(Cc1nnc(-c2ccc(Cl)cc2)o1)C(=O)c1ccc(Br)cc1. The molecular weight excluding hydrogens is 418 g/mol. The lowest BCUT2D eigenvalue weighted by Gasteiger charge is -2.25. The predicted octanol–water partition coefficient (Wildman–Crippen LogP) is 5.20. The van der Waals surface area contributed by atoms with Gasteiger partial charge in [-0.15, -0.1) is 10.2 Å². The van der Waals surface area contributed by atoms with E-state index in [0.29, 0.717) is 22.4 Å². The molecule has 0 spiro atoms. The average Bonchev–Trinajstić information content (AvgIpc) is 3.09. The van der Waals surface area contributed by atoms with Crippen LogP contribution in [-0.2, 0) is 6.54 Å². The van der Waals surface area contributed by atoms with Crippen molar-refractivity contribution < 1.29 is 9.21 Å². The number of aromatic nitrogens is 2. The molecule has 0 unspecified atom stereocenters. The Hall–Kier alpha value is -2.18. The molecule has 1 heterocycles. The molecule has 26 heavy (non-hydrogen) atoms. The number of benzene rings is 2. The van der Waals surface area contributed by atoms with Crippen LogP contribution in [-0.4, -0.2) is 27.0 Å². The Morgan fingerprint density at radius 1 is 1.12 bits per heavy atom. The molecule has 0 fully saturated rings. The molecule has 3 aromatic rings. The molecule has 0 aliphatic carbocycles. The highest BCUT2D eigenvalue weighted by Crippen LogP contribution is 2.22. The summed E-state index contributed by atoms with van der Waals surface area (Å²) in [5.74, 6) is 0.698. The van der Waals surface area contributed by atoms with Crippen LogP contribution in [0.2, 0.25) is 5.02 Å². The lowest BCUT2D eigenvalue weighted by atomic mass is 10.1. The van der Waals surface area contributed by atoms with Gasteiger partial charge in [0.25, 0.3) is 5.91 Å². The Morgan fingerprint density at radius 3 is 2.38 bits per heavy atom. The Bertz CT molecular complexity index is 892. The van der Waals surface area contributed by atoms with Crippen LogP contribution >= 0.6 is 27.5 Å². The van der Waals surface area contributed by atoms with E-state index in [1.807, 2.05) is 38.1 Å². The maximum atomic E-state index is 12.8. The highest BCUT2D eigenvalue weighted by molar-refractivity contribution is 9.10. The van der Waals surface area contributed by atoms with Gasteiger partial charge in [-0.25, -0.2) is 0 Å². The molecule has 1 amide bonds. The van der Waals surface area contributed by atoms with Crippen LogP contribution in [0, 0.1) is 0 Å². The van der Waals surface area contributed by atoms with Crippen molar-refractivity contribution in [3.05, 3.63) is 69.5 Å². The number of carbonyl (C=O) groups is 1. The van der Waals surface area contributed by atoms with E-state index >= 15 is 0 Å². The van der Waals surface area contributed by atoms with Crippen molar-refractivity contribution in [2.45, 2.75) is 26.4 Å². The summed E-state index contributed by atoms with van der Waals surface area (Å²) in [5, 5.41) is 8.78. The second kappa shape index (κ2) is 8.01. The van der Waals surface area contributed by atoms with Crippen molar-refractivity contribution in [3.8, 4) is 11.5 Å². The summed E-state index contributed by atoms with van der Waals surface area (Å²) >= 11 is 9.27. The minimum atomic E-state index is -0.0845. The Labute approximate surface area is 165 Å². The predicted molar refractivity (Wildman–Crippen MR) is 104 cm³/mol. The summed E-state index contributed by atoms with van der Waals surface area (Å²) in [4.78, 5) is 14.5. The minimum absolute atomic E-state index is 0.0166. The molecule has 7 heteroatoms. The monoisotopic (exact) mass is 433 g/mol. The van der Waals surface area contributed by atoms with E-state index in [1.54, 1.807) is 29.2 Å².